The van der Waals surface area contributed by atoms with Crippen molar-refractivity contribution in [2.45, 2.75) is 17.9 Å². The summed E-state index contributed by atoms with van der Waals surface area (Å²) in [5.41, 5.74) is 8.78. The predicted octanol–water partition coefficient (Wildman–Crippen LogP) is 3.38. The van der Waals surface area contributed by atoms with Gasteiger partial charge in [0, 0.05) is 5.92 Å². The second-order valence-electron chi connectivity index (χ2n) is 7.42. The minimum Gasteiger partial charge on any atom is -0.508 e. The van der Waals surface area contributed by atoms with Gasteiger partial charge in [0.15, 0.2) is 5.54 Å². The Morgan fingerprint density at radius 3 is 2.10 bits per heavy atom. The number of hydrogen-bond donors (Lipinski definition) is 3. The van der Waals surface area contributed by atoms with Gasteiger partial charge in [-0.1, -0.05) is 60.7 Å². The van der Waals surface area contributed by atoms with Crippen LogP contribution in [0.3, 0.4) is 0 Å². The smallest absolute Gasteiger partial charge is 0.331 e. The van der Waals surface area contributed by atoms with Crippen LogP contribution in [0.25, 0.3) is 11.1 Å². The topological polar surface area (TPSA) is 110 Å². The first kappa shape index (κ1) is 19.7. The number of carboxylic acids is 1. The summed E-state index contributed by atoms with van der Waals surface area (Å²) >= 11 is 0. The van der Waals surface area contributed by atoms with E-state index in [4.69, 9.17) is 10.5 Å². The number of ether oxygens (including phenoxy) is 1. The lowest BCUT2D eigenvalue weighted by Crippen LogP contribution is -2.48. The fraction of sp³-hybridized carbons (Fsp3) is 0.167. The van der Waals surface area contributed by atoms with Gasteiger partial charge in [0.2, 0.25) is 0 Å². The highest BCUT2D eigenvalue weighted by molar-refractivity contribution is 5.88. The lowest BCUT2D eigenvalue weighted by molar-refractivity contribution is -0.155. The number of phenols is 1. The second kappa shape index (κ2) is 7.65. The van der Waals surface area contributed by atoms with Crippen molar-refractivity contribution < 1.29 is 24.5 Å². The highest BCUT2D eigenvalue weighted by atomic mass is 16.5. The van der Waals surface area contributed by atoms with Crippen LogP contribution in [-0.2, 0) is 19.9 Å². The van der Waals surface area contributed by atoms with E-state index < -0.39 is 23.9 Å². The molecule has 152 valence electrons. The van der Waals surface area contributed by atoms with Crippen molar-refractivity contribution in [2.24, 2.45) is 5.73 Å². The molecule has 0 heterocycles. The third-order valence-electron chi connectivity index (χ3n) is 5.50. The number of fused-ring (bicyclic) bond motifs is 3. The molecule has 3 aromatic rings. The van der Waals surface area contributed by atoms with Gasteiger partial charge >= 0.3 is 11.9 Å². The number of aromatic hydroxyl groups is 1. The first-order chi connectivity index (χ1) is 14.4. The third kappa shape index (κ3) is 3.42. The molecule has 1 atom stereocenters. The van der Waals surface area contributed by atoms with Crippen molar-refractivity contribution in [1.82, 2.24) is 0 Å². The van der Waals surface area contributed by atoms with Gasteiger partial charge < -0.3 is 20.7 Å². The standard InChI is InChI=1S/C24H21NO5/c25-24(13-22(27)28,15-6-5-7-16(26)12-15)23(29)30-14-21-19-10-3-1-8-17(19)18-9-2-4-11-20(18)21/h1-12,21,26H,13-14,25H2,(H,27,28). The van der Waals surface area contributed by atoms with Crippen molar-refractivity contribution in [3.8, 4) is 16.9 Å². The van der Waals surface area contributed by atoms with Gasteiger partial charge in [-0.05, 0) is 39.9 Å². The van der Waals surface area contributed by atoms with E-state index in [0.717, 1.165) is 22.3 Å². The van der Waals surface area contributed by atoms with Gasteiger partial charge in [-0.2, -0.15) is 0 Å². The normalized spacial score (nSPS) is 14.4. The van der Waals surface area contributed by atoms with Crippen LogP contribution in [0.2, 0.25) is 0 Å². The summed E-state index contributed by atoms with van der Waals surface area (Å²) in [6.45, 7) is 0.0320. The van der Waals surface area contributed by atoms with E-state index in [-0.39, 0.29) is 23.8 Å². The first-order valence-electron chi connectivity index (χ1n) is 9.56. The molecule has 0 aromatic heterocycles. The van der Waals surface area contributed by atoms with Gasteiger partial charge in [-0.3, -0.25) is 4.79 Å². The summed E-state index contributed by atoms with van der Waals surface area (Å²) < 4.78 is 5.59. The van der Waals surface area contributed by atoms with E-state index in [0.29, 0.717) is 0 Å². The summed E-state index contributed by atoms with van der Waals surface area (Å²) in [6.07, 6.45) is -0.660. The number of nitrogens with two attached hydrogens (primary N) is 1. The molecule has 4 N–H and O–H groups in total. The number of aliphatic carboxylic acids is 1. The molecule has 1 aliphatic rings. The van der Waals surface area contributed by atoms with Crippen molar-refractivity contribution in [3.05, 3.63) is 89.5 Å². The molecule has 1 unspecified atom stereocenters. The maximum atomic E-state index is 13.0. The molecule has 0 fully saturated rings. The van der Waals surface area contributed by atoms with Crippen molar-refractivity contribution in [1.29, 1.82) is 0 Å². The third-order valence-corrected chi connectivity index (χ3v) is 5.50. The fourth-order valence-corrected chi connectivity index (χ4v) is 4.04. The Morgan fingerprint density at radius 1 is 0.933 bits per heavy atom. The molecular weight excluding hydrogens is 382 g/mol. The van der Waals surface area contributed by atoms with Crippen LogP contribution in [0.5, 0.6) is 5.75 Å². The maximum Gasteiger partial charge on any atom is 0.331 e. The van der Waals surface area contributed by atoms with Crippen LogP contribution in [0, 0.1) is 0 Å². The van der Waals surface area contributed by atoms with Crippen LogP contribution >= 0.6 is 0 Å². The molecule has 4 rings (SSSR count). The molecule has 6 nitrogen and oxygen atoms in total. The molecule has 1 aliphatic carbocycles. The van der Waals surface area contributed by atoms with Gasteiger partial charge in [-0.25, -0.2) is 4.79 Å². The van der Waals surface area contributed by atoms with Crippen molar-refractivity contribution in [3.63, 3.8) is 0 Å². The van der Waals surface area contributed by atoms with Crippen LogP contribution in [0.4, 0.5) is 0 Å². The van der Waals surface area contributed by atoms with E-state index in [1.807, 2.05) is 48.5 Å². The van der Waals surface area contributed by atoms with Crippen molar-refractivity contribution in [2.75, 3.05) is 6.61 Å². The average molecular weight is 403 g/mol. The molecule has 3 aromatic carbocycles. The van der Waals surface area contributed by atoms with Gasteiger partial charge in [-0.15, -0.1) is 0 Å². The zero-order valence-electron chi connectivity index (χ0n) is 16.1. The molecule has 0 saturated heterocycles. The number of phenolic OH excluding ortho intramolecular Hbond substituents is 1. The zero-order valence-corrected chi connectivity index (χ0v) is 16.1. The Kier molecular flexibility index (Phi) is 5.01. The van der Waals surface area contributed by atoms with Crippen LogP contribution < -0.4 is 5.73 Å². The first-order valence-corrected chi connectivity index (χ1v) is 9.56. The Bertz CT molecular complexity index is 1080. The Hall–Kier alpha value is -3.64. The molecule has 0 amide bonds. The minimum absolute atomic E-state index is 0.0320. The van der Waals surface area contributed by atoms with E-state index >= 15 is 0 Å². The van der Waals surface area contributed by atoms with Gasteiger partial charge in [0.25, 0.3) is 0 Å². The number of carboxylic acid groups (broad SMARTS) is 1. The predicted molar refractivity (Wildman–Crippen MR) is 111 cm³/mol. The largest absolute Gasteiger partial charge is 0.508 e. The van der Waals surface area contributed by atoms with E-state index in [2.05, 4.69) is 0 Å². The highest BCUT2D eigenvalue weighted by Crippen LogP contribution is 2.44. The van der Waals surface area contributed by atoms with Gasteiger partial charge in [0.05, 0.1) is 6.42 Å². The SMILES string of the molecule is NC(CC(=O)O)(C(=O)OCC1c2ccccc2-c2ccccc21)c1cccc(O)c1. The lowest BCUT2D eigenvalue weighted by Gasteiger charge is -2.27. The van der Waals surface area contributed by atoms with Gasteiger partial charge in [0.1, 0.15) is 12.4 Å². The maximum absolute atomic E-state index is 13.0. The quantitative estimate of drug-likeness (QED) is 0.545. The molecule has 0 radical (unpaired) electrons. The average Bonchev–Trinajstić information content (AvgIpc) is 3.05. The molecule has 30 heavy (non-hydrogen) atoms. The summed E-state index contributed by atoms with van der Waals surface area (Å²) in [5.74, 6) is -2.37. The van der Waals surface area contributed by atoms with E-state index in [1.165, 1.54) is 24.3 Å². The molecule has 6 heteroatoms. The van der Waals surface area contributed by atoms with E-state index in [9.17, 15) is 19.8 Å². The second-order valence-corrected chi connectivity index (χ2v) is 7.42. The van der Waals surface area contributed by atoms with Crippen LogP contribution in [-0.4, -0.2) is 28.8 Å². The number of carbonyl (C=O) groups is 2. The molecule has 0 aliphatic heterocycles. The minimum atomic E-state index is -1.91. The summed E-state index contributed by atoms with van der Waals surface area (Å²) in [6, 6.07) is 21.6. The highest BCUT2D eigenvalue weighted by Gasteiger charge is 2.41. The fourth-order valence-electron chi connectivity index (χ4n) is 4.04. The summed E-state index contributed by atoms with van der Waals surface area (Å²) in [7, 11) is 0. The number of esters is 1. The number of hydrogen-bond acceptors (Lipinski definition) is 5. The Morgan fingerprint density at radius 2 is 1.53 bits per heavy atom. The molecular formula is C24H21NO5. The van der Waals surface area contributed by atoms with Crippen LogP contribution in [0.15, 0.2) is 72.8 Å². The van der Waals surface area contributed by atoms with Crippen molar-refractivity contribution >= 4 is 11.9 Å². The molecule has 0 bridgehead atoms. The Labute approximate surface area is 173 Å². The van der Waals surface area contributed by atoms with E-state index in [1.54, 1.807) is 0 Å². The zero-order chi connectivity index (χ0) is 21.3. The molecule has 0 saturated carbocycles. The lowest BCUT2D eigenvalue weighted by atomic mass is 9.87. The number of carbonyl (C=O) groups excluding carboxylic acids is 1. The summed E-state index contributed by atoms with van der Waals surface area (Å²) in [4.78, 5) is 24.4. The summed E-state index contributed by atoms with van der Waals surface area (Å²) in [5, 5.41) is 19.1. The monoisotopic (exact) mass is 403 g/mol. The molecule has 0 spiro atoms. The Balaban J connectivity index is 1.62. The number of rotatable bonds is 6. The number of benzene rings is 3. The van der Waals surface area contributed by atoms with Crippen LogP contribution in [0.1, 0.15) is 29.0 Å².